The molecular weight excluding hydrogens is 351 g/mol. The van der Waals surface area contributed by atoms with Gasteiger partial charge in [0.05, 0.1) is 12.6 Å². The molecule has 27 heavy (non-hydrogen) atoms. The highest BCUT2D eigenvalue weighted by Gasteiger charge is 2.28. The summed E-state index contributed by atoms with van der Waals surface area (Å²) in [5, 5.41) is 22.6. The molecule has 1 aliphatic carbocycles. The molecule has 0 saturated heterocycles. The molecule has 1 aromatic rings. The average Bonchev–Trinajstić information content (AvgIpc) is 2.96. The van der Waals surface area contributed by atoms with E-state index in [-0.39, 0.29) is 24.5 Å². The zero-order valence-electron chi connectivity index (χ0n) is 16.5. The molecule has 3 atom stereocenters. The fraction of sp³-hybridized carbons (Fsp3) is 0.650. The van der Waals surface area contributed by atoms with Crippen molar-refractivity contribution in [1.82, 2.24) is 10.2 Å². The third kappa shape index (κ3) is 6.07. The van der Waals surface area contributed by atoms with Crippen LogP contribution in [-0.4, -0.2) is 51.5 Å². The van der Waals surface area contributed by atoms with Gasteiger partial charge < -0.3 is 20.3 Å². The summed E-state index contributed by atoms with van der Waals surface area (Å²) in [6.45, 7) is 7.85. The molecule has 1 aromatic carbocycles. The monoisotopic (exact) mass is 382 g/mol. The summed E-state index contributed by atoms with van der Waals surface area (Å²) in [6.07, 6.45) is 0.857. The van der Waals surface area contributed by atoms with Gasteiger partial charge in [-0.2, -0.15) is 0 Å². The lowest BCUT2D eigenvalue weighted by Crippen LogP contribution is -2.49. The van der Waals surface area contributed by atoms with E-state index in [0.717, 1.165) is 19.3 Å². The summed E-state index contributed by atoms with van der Waals surface area (Å²) >= 11 is 0. The number of carbonyl (C=O) groups is 1. The van der Waals surface area contributed by atoms with Gasteiger partial charge in [-0.1, -0.05) is 0 Å². The first kappa shape index (κ1) is 21.4. The number of nitrogens with one attached hydrogen (secondary N) is 1. The SMILES string of the molecule is CC(CN(C(=O)O)C(C)(C)C)Oc1ccc(F)cc1CN[C@@H]1CCC[C@@H]1O. The number of amides is 1. The first-order valence-corrected chi connectivity index (χ1v) is 9.45. The molecule has 0 heterocycles. The predicted molar refractivity (Wildman–Crippen MR) is 101 cm³/mol. The van der Waals surface area contributed by atoms with Gasteiger partial charge in [0.1, 0.15) is 17.7 Å². The average molecular weight is 382 g/mol. The van der Waals surface area contributed by atoms with E-state index >= 15 is 0 Å². The molecule has 1 fully saturated rings. The highest BCUT2D eigenvalue weighted by Crippen LogP contribution is 2.24. The summed E-state index contributed by atoms with van der Waals surface area (Å²) < 4.78 is 19.7. The van der Waals surface area contributed by atoms with Crippen molar-refractivity contribution < 1.29 is 24.1 Å². The number of carboxylic acid groups (broad SMARTS) is 1. The number of hydrogen-bond donors (Lipinski definition) is 3. The largest absolute Gasteiger partial charge is 0.489 e. The number of ether oxygens (including phenoxy) is 1. The fourth-order valence-electron chi connectivity index (χ4n) is 3.37. The van der Waals surface area contributed by atoms with Gasteiger partial charge in [0.2, 0.25) is 0 Å². The Morgan fingerprint density at radius 1 is 1.41 bits per heavy atom. The Bertz CT molecular complexity index is 647. The molecule has 6 nitrogen and oxygen atoms in total. The van der Waals surface area contributed by atoms with Crippen LogP contribution in [0.5, 0.6) is 5.75 Å². The Kier molecular flexibility index (Phi) is 7.06. The van der Waals surface area contributed by atoms with Gasteiger partial charge >= 0.3 is 6.09 Å². The minimum absolute atomic E-state index is 0.00179. The molecule has 2 rings (SSSR count). The van der Waals surface area contributed by atoms with E-state index in [0.29, 0.717) is 17.9 Å². The number of benzene rings is 1. The maximum Gasteiger partial charge on any atom is 0.407 e. The maximum atomic E-state index is 13.7. The summed E-state index contributed by atoms with van der Waals surface area (Å²) in [6, 6.07) is 4.31. The second-order valence-corrected chi connectivity index (χ2v) is 8.23. The fourth-order valence-corrected chi connectivity index (χ4v) is 3.37. The number of nitrogens with zero attached hydrogens (tertiary/aromatic N) is 1. The van der Waals surface area contributed by atoms with E-state index < -0.39 is 17.7 Å². The predicted octanol–water partition coefficient (Wildman–Crippen LogP) is 3.37. The van der Waals surface area contributed by atoms with Crippen molar-refractivity contribution in [1.29, 1.82) is 0 Å². The van der Waals surface area contributed by atoms with Crippen molar-refractivity contribution in [3.63, 3.8) is 0 Å². The van der Waals surface area contributed by atoms with Crippen LogP contribution in [0.2, 0.25) is 0 Å². The molecule has 0 bridgehead atoms. The van der Waals surface area contributed by atoms with Crippen LogP contribution in [-0.2, 0) is 6.54 Å². The van der Waals surface area contributed by atoms with Gasteiger partial charge in [0, 0.05) is 23.7 Å². The molecule has 152 valence electrons. The number of rotatable bonds is 7. The van der Waals surface area contributed by atoms with Crippen molar-refractivity contribution in [3.8, 4) is 5.75 Å². The van der Waals surface area contributed by atoms with Gasteiger partial charge in [-0.25, -0.2) is 9.18 Å². The zero-order valence-corrected chi connectivity index (χ0v) is 16.5. The molecule has 0 radical (unpaired) electrons. The molecule has 1 saturated carbocycles. The maximum absolute atomic E-state index is 13.7. The zero-order chi connectivity index (χ0) is 20.2. The van der Waals surface area contributed by atoms with Crippen molar-refractivity contribution in [2.75, 3.05) is 6.54 Å². The molecular formula is C20H31FN2O4. The molecule has 1 unspecified atom stereocenters. The second kappa shape index (κ2) is 8.89. The topological polar surface area (TPSA) is 82.0 Å². The Morgan fingerprint density at radius 3 is 2.67 bits per heavy atom. The smallest absolute Gasteiger partial charge is 0.407 e. The minimum atomic E-state index is -1.01. The van der Waals surface area contributed by atoms with Crippen LogP contribution in [0, 0.1) is 5.82 Å². The lowest BCUT2D eigenvalue weighted by Gasteiger charge is -2.35. The summed E-state index contributed by atoms with van der Waals surface area (Å²) in [5.41, 5.74) is 0.105. The lowest BCUT2D eigenvalue weighted by atomic mass is 10.1. The Morgan fingerprint density at radius 2 is 2.11 bits per heavy atom. The van der Waals surface area contributed by atoms with Crippen LogP contribution in [0.3, 0.4) is 0 Å². The highest BCUT2D eigenvalue weighted by atomic mass is 19.1. The number of aliphatic hydroxyl groups is 1. The van der Waals surface area contributed by atoms with Gasteiger partial charge in [0.15, 0.2) is 0 Å². The van der Waals surface area contributed by atoms with E-state index in [4.69, 9.17) is 4.74 Å². The number of halogens is 1. The molecule has 1 amide bonds. The van der Waals surface area contributed by atoms with E-state index in [1.165, 1.54) is 17.0 Å². The van der Waals surface area contributed by atoms with Crippen LogP contribution in [0.1, 0.15) is 52.5 Å². The number of aliphatic hydroxyl groups excluding tert-OH is 1. The van der Waals surface area contributed by atoms with E-state index in [2.05, 4.69) is 5.32 Å². The Hall–Kier alpha value is -1.86. The van der Waals surface area contributed by atoms with Crippen LogP contribution >= 0.6 is 0 Å². The molecule has 0 spiro atoms. The van der Waals surface area contributed by atoms with Crippen LogP contribution in [0.4, 0.5) is 9.18 Å². The van der Waals surface area contributed by atoms with Gasteiger partial charge in [0.25, 0.3) is 0 Å². The van der Waals surface area contributed by atoms with Crippen molar-refractivity contribution in [3.05, 3.63) is 29.6 Å². The van der Waals surface area contributed by atoms with Crippen LogP contribution in [0.25, 0.3) is 0 Å². The Labute approximate surface area is 160 Å². The van der Waals surface area contributed by atoms with E-state index in [1.807, 2.05) is 20.8 Å². The third-order valence-corrected chi connectivity index (χ3v) is 4.87. The number of hydrogen-bond acceptors (Lipinski definition) is 4. The van der Waals surface area contributed by atoms with Crippen molar-refractivity contribution in [2.45, 2.75) is 77.3 Å². The summed E-state index contributed by atoms with van der Waals surface area (Å²) in [5.74, 6) is 0.156. The second-order valence-electron chi connectivity index (χ2n) is 8.23. The molecule has 3 N–H and O–H groups in total. The standard InChI is InChI=1S/C20H31FN2O4/c1-13(12-23(19(25)26)20(2,3)4)27-18-9-8-15(21)10-14(18)11-22-16-6-5-7-17(16)24/h8-10,13,16-17,22,24H,5-7,11-12H2,1-4H3,(H,25,26)/t13?,16-,17+/m1/s1. The van der Waals surface area contributed by atoms with Gasteiger partial charge in [-0.05, 0) is 65.2 Å². The first-order valence-electron chi connectivity index (χ1n) is 9.45. The van der Waals surface area contributed by atoms with Gasteiger partial charge in [-0.3, -0.25) is 4.90 Å². The van der Waals surface area contributed by atoms with Crippen LogP contribution < -0.4 is 10.1 Å². The van der Waals surface area contributed by atoms with Crippen molar-refractivity contribution in [2.24, 2.45) is 0 Å². The Balaban J connectivity index is 2.05. The molecule has 0 aliphatic heterocycles. The summed E-state index contributed by atoms with van der Waals surface area (Å²) in [7, 11) is 0. The molecule has 0 aromatic heterocycles. The highest BCUT2D eigenvalue weighted by molar-refractivity contribution is 5.66. The van der Waals surface area contributed by atoms with Crippen molar-refractivity contribution >= 4 is 6.09 Å². The first-order chi connectivity index (χ1) is 12.6. The molecule has 1 aliphatic rings. The lowest BCUT2D eigenvalue weighted by molar-refractivity contribution is 0.0692. The summed E-state index contributed by atoms with van der Waals surface area (Å²) in [4.78, 5) is 12.8. The quantitative estimate of drug-likeness (QED) is 0.674. The van der Waals surface area contributed by atoms with Crippen LogP contribution in [0.15, 0.2) is 18.2 Å². The van der Waals surface area contributed by atoms with Gasteiger partial charge in [-0.15, -0.1) is 0 Å². The normalized spacial score (nSPS) is 21.1. The van der Waals surface area contributed by atoms with E-state index in [1.54, 1.807) is 13.0 Å². The van der Waals surface area contributed by atoms with E-state index in [9.17, 15) is 19.4 Å². The molecule has 7 heteroatoms. The minimum Gasteiger partial charge on any atom is -0.489 e. The third-order valence-electron chi connectivity index (χ3n) is 4.87.